The van der Waals surface area contributed by atoms with Gasteiger partial charge in [0.1, 0.15) is 6.10 Å². The lowest BCUT2D eigenvalue weighted by atomic mass is 9.47. The van der Waals surface area contributed by atoms with Gasteiger partial charge in [0.2, 0.25) is 0 Å². The number of unbranched alkanes of at least 4 members (excludes halogenated alkanes) is 1. The van der Waals surface area contributed by atoms with Gasteiger partial charge >= 0.3 is 5.97 Å². The Morgan fingerprint density at radius 1 is 0.796 bits per heavy atom. The van der Waals surface area contributed by atoms with Crippen molar-refractivity contribution >= 4 is 5.97 Å². The van der Waals surface area contributed by atoms with Crippen LogP contribution in [0.5, 0.6) is 0 Å². The zero-order chi connectivity index (χ0) is 35.1. The van der Waals surface area contributed by atoms with Crippen LogP contribution in [0.3, 0.4) is 0 Å². The molecule has 0 bridgehead atoms. The number of rotatable bonds is 19. The predicted octanol–water partition coefficient (Wildman–Crippen LogP) is 13.9. The normalized spacial score (nSPS) is 32.4. The van der Waals surface area contributed by atoms with Gasteiger partial charge in [-0.2, -0.15) is 0 Å². The first-order valence-electron chi connectivity index (χ1n) is 20.8. The van der Waals surface area contributed by atoms with Crippen LogP contribution in [0.2, 0.25) is 0 Å². The summed E-state index contributed by atoms with van der Waals surface area (Å²) >= 11 is 0. The molecule has 8 atom stereocenters. The largest absolute Gasteiger partial charge is 0.462 e. The fourth-order valence-electron chi connectivity index (χ4n) is 10.7. The average molecular weight is 671 g/mol. The van der Waals surface area contributed by atoms with E-state index >= 15 is 0 Å². The number of fused-ring (bicyclic) bond motifs is 5. The number of hydrogen-bond acceptors (Lipinski definition) is 2. The van der Waals surface area contributed by atoms with Gasteiger partial charge in [-0.25, -0.2) is 0 Å². The molecule has 0 spiro atoms. The lowest BCUT2D eigenvalue weighted by Gasteiger charge is -2.58. The molecule has 3 fully saturated rings. The Morgan fingerprint density at radius 3 is 2.10 bits per heavy atom. The molecule has 4 aliphatic carbocycles. The summed E-state index contributed by atoms with van der Waals surface area (Å²) in [6.07, 6.45) is 46.8. The van der Waals surface area contributed by atoms with E-state index in [1.165, 1.54) is 57.8 Å². The second kappa shape index (κ2) is 20.1. The molecule has 8 unspecified atom stereocenters. The van der Waals surface area contributed by atoms with Crippen LogP contribution in [0.15, 0.2) is 72.4 Å². The Hall–Kier alpha value is -2.09. The van der Waals surface area contributed by atoms with Gasteiger partial charge in [0.05, 0.1) is 0 Å². The summed E-state index contributed by atoms with van der Waals surface area (Å²) in [4.78, 5) is 12.8. The van der Waals surface area contributed by atoms with Crippen molar-refractivity contribution in [1.82, 2.24) is 0 Å². The molecule has 0 aromatic heterocycles. The van der Waals surface area contributed by atoms with Crippen molar-refractivity contribution < 1.29 is 9.53 Å². The van der Waals surface area contributed by atoms with Gasteiger partial charge in [0.25, 0.3) is 0 Å². The van der Waals surface area contributed by atoms with Crippen LogP contribution < -0.4 is 0 Å². The van der Waals surface area contributed by atoms with Crippen LogP contribution >= 0.6 is 0 Å². The van der Waals surface area contributed by atoms with Crippen molar-refractivity contribution in [3.8, 4) is 0 Å². The molecule has 2 nitrogen and oxygen atoms in total. The summed E-state index contributed by atoms with van der Waals surface area (Å²) in [5.41, 5.74) is 2.48. The van der Waals surface area contributed by atoms with E-state index in [1.54, 1.807) is 5.57 Å². The van der Waals surface area contributed by atoms with Gasteiger partial charge in [-0.15, -0.1) is 0 Å². The van der Waals surface area contributed by atoms with Gasteiger partial charge in [0, 0.05) is 12.8 Å². The minimum Gasteiger partial charge on any atom is -0.462 e. The van der Waals surface area contributed by atoms with Gasteiger partial charge < -0.3 is 4.74 Å². The zero-order valence-electron chi connectivity index (χ0n) is 32.6. The molecule has 0 N–H and O–H groups in total. The summed E-state index contributed by atoms with van der Waals surface area (Å²) in [7, 11) is 0. The highest BCUT2D eigenvalue weighted by atomic mass is 16.5. The maximum Gasteiger partial charge on any atom is 0.306 e. The highest BCUT2D eigenvalue weighted by Crippen LogP contribution is 2.67. The Morgan fingerprint density at radius 2 is 1.45 bits per heavy atom. The van der Waals surface area contributed by atoms with E-state index < -0.39 is 0 Å². The molecule has 0 aromatic rings. The number of hydrogen-bond donors (Lipinski definition) is 0. The second-order valence-corrected chi connectivity index (χ2v) is 17.2. The maximum absolute atomic E-state index is 12.8. The lowest BCUT2D eigenvalue weighted by molar-refractivity contribution is -0.151. The number of carbonyl (C=O) groups is 1. The third kappa shape index (κ3) is 11.2. The summed E-state index contributed by atoms with van der Waals surface area (Å²) in [6, 6.07) is 0. The fraction of sp³-hybridized carbons (Fsp3) is 0.723. The summed E-state index contributed by atoms with van der Waals surface area (Å²) < 4.78 is 6.09. The molecule has 0 heterocycles. The van der Waals surface area contributed by atoms with Crippen LogP contribution in [0.25, 0.3) is 0 Å². The van der Waals surface area contributed by atoms with Gasteiger partial charge in [-0.3, -0.25) is 4.79 Å². The van der Waals surface area contributed by atoms with E-state index in [9.17, 15) is 4.79 Å². The first-order chi connectivity index (χ1) is 23.7. The number of allylic oxidation sites excluding steroid dienone is 11. The summed E-state index contributed by atoms with van der Waals surface area (Å²) in [5.74, 6) is 5.20. The minimum atomic E-state index is 0.00295. The summed E-state index contributed by atoms with van der Waals surface area (Å²) in [5, 5.41) is 0. The molecule has 0 saturated heterocycles. The molecule has 0 aliphatic heterocycles. The first-order valence-corrected chi connectivity index (χ1v) is 20.8. The van der Waals surface area contributed by atoms with Crippen LogP contribution in [0, 0.1) is 46.3 Å². The lowest BCUT2D eigenvalue weighted by Crippen LogP contribution is -2.51. The molecule has 49 heavy (non-hydrogen) atoms. The van der Waals surface area contributed by atoms with E-state index in [1.807, 2.05) is 0 Å². The topological polar surface area (TPSA) is 26.3 Å². The molecule has 0 aromatic carbocycles. The number of carbonyl (C=O) groups excluding carboxylic acids is 1. The van der Waals surface area contributed by atoms with Crippen molar-refractivity contribution in [3.63, 3.8) is 0 Å². The van der Waals surface area contributed by atoms with Gasteiger partial charge in [0.15, 0.2) is 0 Å². The molecule has 4 rings (SSSR count). The number of ether oxygens (including phenoxy) is 1. The standard InChI is InChI=1S/C47H74O2/c1-7-8-9-10-11-12-13-14-15-16-17-18-19-20-21-22-23-27-45(48)49-40-32-34-46(5)39(36-40)28-29-41-43-31-30-42(38(4)26-24-25-37(2)3)47(43,6)35-33-44(41)46/h8-9,11-12,14-15,17-18,20-21,28,37-38,40-44H,7,10,13,16,19,22-27,29-36H2,1-6H3. The molecule has 0 radical (unpaired) electrons. The number of esters is 1. The highest BCUT2D eigenvalue weighted by molar-refractivity contribution is 5.69. The predicted molar refractivity (Wildman–Crippen MR) is 211 cm³/mol. The van der Waals surface area contributed by atoms with Crippen LogP contribution in [0.1, 0.15) is 164 Å². The molecule has 2 heteroatoms. The van der Waals surface area contributed by atoms with E-state index in [-0.39, 0.29) is 12.1 Å². The van der Waals surface area contributed by atoms with Crippen molar-refractivity contribution in [2.75, 3.05) is 0 Å². The fourth-order valence-corrected chi connectivity index (χ4v) is 10.7. The Labute approximate surface area is 303 Å². The molecule has 3 saturated carbocycles. The quantitative estimate of drug-likeness (QED) is 0.0776. The third-order valence-electron chi connectivity index (χ3n) is 13.5. The molecule has 0 amide bonds. The van der Waals surface area contributed by atoms with Gasteiger partial charge in [-0.05, 0) is 136 Å². The molecule has 4 aliphatic rings. The molecule has 274 valence electrons. The second-order valence-electron chi connectivity index (χ2n) is 17.2. The minimum absolute atomic E-state index is 0.00295. The van der Waals surface area contributed by atoms with E-state index in [4.69, 9.17) is 4.74 Å². The SMILES string of the molecule is CCC=CCC=CCC=CCC=CCC=CCCCC(=O)OC1CCC2(C)C(=CCC3C2CCC2(C)C(C(C)CCCC(C)C)CCC32)C1. The van der Waals surface area contributed by atoms with Crippen molar-refractivity contribution in [2.45, 2.75) is 170 Å². The Bertz CT molecular complexity index is 1180. The smallest absolute Gasteiger partial charge is 0.306 e. The molecular weight excluding hydrogens is 597 g/mol. The Kier molecular flexibility index (Phi) is 16.3. The van der Waals surface area contributed by atoms with E-state index in [2.05, 4.69) is 108 Å². The Balaban J connectivity index is 1.13. The molecular formula is C47H74O2. The van der Waals surface area contributed by atoms with Crippen molar-refractivity contribution in [2.24, 2.45) is 46.3 Å². The van der Waals surface area contributed by atoms with Crippen molar-refractivity contribution in [1.29, 1.82) is 0 Å². The van der Waals surface area contributed by atoms with Crippen LogP contribution in [0.4, 0.5) is 0 Å². The van der Waals surface area contributed by atoms with Crippen LogP contribution in [-0.4, -0.2) is 12.1 Å². The first kappa shape index (κ1) is 39.7. The average Bonchev–Trinajstić information content (AvgIpc) is 3.43. The summed E-state index contributed by atoms with van der Waals surface area (Å²) in [6.45, 7) is 14.8. The van der Waals surface area contributed by atoms with E-state index in [0.29, 0.717) is 17.3 Å². The monoisotopic (exact) mass is 671 g/mol. The maximum atomic E-state index is 12.8. The van der Waals surface area contributed by atoms with Crippen LogP contribution in [-0.2, 0) is 9.53 Å². The third-order valence-corrected chi connectivity index (χ3v) is 13.5. The van der Waals surface area contributed by atoms with Gasteiger partial charge in [-0.1, -0.05) is 133 Å². The van der Waals surface area contributed by atoms with Crippen molar-refractivity contribution in [3.05, 3.63) is 72.4 Å². The van der Waals surface area contributed by atoms with E-state index in [0.717, 1.165) is 93.3 Å². The zero-order valence-corrected chi connectivity index (χ0v) is 32.6. The highest BCUT2D eigenvalue weighted by Gasteiger charge is 2.59.